The maximum atomic E-state index is 10.9. The lowest BCUT2D eigenvalue weighted by Crippen LogP contribution is -2.63. The smallest absolute Gasteiger partial charge is 0.0638 e. The van der Waals surface area contributed by atoms with Crippen molar-refractivity contribution in [2.45, 2.75) is 109 Å². The van der Waals surface area contributed by atoms with Gasteiger partial charge in [0.1, 0.15) is 0 Å². The highest BCUT2D eigenvalue weighted by Gasteiger charge is 2.66. The van der Waals surface area contributed by atoms with Crippen molar-refractivity contribution < 1.29 is 19.3 Å². The lowest BCUT2D eigenvalue weighted by molar-refractivity contribution is -0.229. The maximum absolute atomic E-state index is 10.9. The molecule has 0 aromatic rings. The van der Waals surface area contributed by atoms with Crippen molar-refractivity contribution in [3.05, 3.63) is 0 Å². The first-order valence-electron chi connectivity index (χ1n) is 15.4. The summed E-state index contributed by atoms with van der Waals surface area (Å²) in [5, 5.41) is 10.9. The van der Waals surface area contributed by atoms with Crippen molar-refractivity contribution in [2.24, 2.45) is 57.6 Å². The van der Waals surface area contributed by atoms with Gasteiger partial charge in [0, 0.05) is 25.2 Å². The molecule has 0 saturated heterocycles. The van der Waals surface area contributed by atoms with Crippen LogP contribution in [0.15, 0.2) is 0 Å². The fourth-order valence-electron chi connectivity index (χ4n) is 9.46. The number of rotatable bonds is 13. The largest absolute Gasteiger partial charge is 0.393 e. The van der Waals surface area contributed by atoms with Crippen LogP contribution in [0.4, 0.5) is 0 Å². The van der Waals surface area contributed by atoms with Gasteiger partial charge in [0.2, 0.25) is 0 Å². The molecule has 37 heavy (non-hydrogen) atoms. The van der Waals surface area contributed by atoms with Crippen molar-refractivity contribution in [2.75, 3.05) is 39.5 Å². The molecule has 4 rings (SSSR count). The van der Waals surface area contributed by atoms with Crippen LogP contribution in [0.5, 0.6) is 0 Å². The van der Waals surface area contributed by atoms with Crippen molar-refractivity contribution in [3.8, 4) is 0 Å². The SMILES string of the molecule is CC(O)[C@H]1CC[C@H]2C3[C@H](OCCCN)CC4C[C@H](OCCCN)CC[C@]4(C)[C@H]3C[C@H](OCCCN)[C@]12C. The zero-order chi connectivity index (χ0) is 26.6. The Morgan fingerprint density at radius 2 is 1.46 bits per heavy atom. The molecular formula is C30H57N3O4. The van der Waals surface area contributed by atoms with Crippen LogP contribution in [-0.2, 0) is 14.2 Å². The Morgan fingerprint density at radius 1 is 0.811 bits per heavy atom. The second kappa shape index (κ2) is 12.9. The summed E-state index contributed by atoms with van der Waals surface area (Å²) in [5.74, 6) is 2.44. The molecule has 4 aliphatic rings. The fraction of sp³-hybridized carbons (Fsp3) is 1.00. The van der Waals surface area contributed by atoms with E-state index < -0.39 is 0 Å². The minimum Gasteiger partial charge on any atom is -0.393 e. The first-order valence-corrected chi connectivity index (χ1v) is 15.4. The van der Waals surface area contributed by atoms with Crippen LogP contribution >= 0.6 is 0 Å². The van der Waals surface area contributed by atoms with Crippen LogP contribution in [0, 0.1) is 40.4 Å². The van der Waals surface area contributed by atoms with E-state index in [9.17, 15) is 5.11 Å². The lowest BCUT2D eigenvalue weighted by atomic mass is 9.43. The fourth-order valence-corrected chi connectivity index (χ4v) is 9.46. The van der Waals surface area contributed by atoms with Gasteiger partial charge >= 0.3 is 0 Å². The Hall–Kier alpha value is -0.280. The van der Waals surface area contributed by atoms with E-state index in [4.69, 9.17) is 31.4 Å². The predicted molar refractivity (Wildman–Crippen MR) is 148 cm³/mol. The molecule has 11 atom stereocenters. The third kappa shape index (κ3) is 5.79. The Morgan fingerprint density at radius 3 is 2.11 bits per heavy atom. The van der Waals surface area contributed by atoms with Crippen LogP contribution in [0.1, 0.15) is 85.0 Å². The second-order valence-corrected chi connectivity index (χ2v) is 13.2. The number of aliphatic hydroxyl groups is 1. The number of ether oxygens (including phenoxy) is 3. The van der Waals surface area contributed by atoms with E-state index in [1.165, 1.54) is 6.42 Å². The maximum Gasteiger partial charge on any atom is 0.0638 e. The summed E-state index contributed by atoms with van der Waals surface area (Å²) < 4.78 is 19.8. The molecule has 4 aliphatic carbocycles. The monoisotopic (exact) mass is 523 g/mol. The van der Waals surface area contributed by atoms with E-state index in [1.807, 2.05) is 6.92 Å². The molecule has 0 aromatic carbocycles. The zero-order valence-electron chi connectivity index (χ0n) is 23.9. The third-order valence-electron chi connectivity index (χ3n) is 11.4. The van der Waals surface area contributed by atoms with Crippen molar-refractivity contribution in [1.29, 1.82) is 0 Å². The molecule has 0 spiro atoms. The third-order valence-corrected chi connectivity index (χ3v) is 11.4. The van der Waals surface area contributed by atoms with Gasteiger partial charge in [0.05, 0.1) is 24.4 Å². The number of hydrogen-bond acceptors (Lipinski definition) is 7. The zero-order valence-corrected chi connectivity index (χ0v) is 23.9. The number of aliphatic hydroxyl groups excluding tert-OH is 1. The summed E-state index contributed by atoms with van der Waals surface area (Å²) in [5.41, 5.74) is 17.6. The van der Waals surface area contributed by atoms with Gasteiger partial charge in [-0.1, -0.05) is 13.8 Å². The van der Waals surface area contributed by atoms with Gasteiger partial charge < -0.3 is 36.5 Å². The first-order chi connectivity index (χ1) is 17.8. The van der Waals surface area contributed by atoms with E-state index in [2.05, 4.69) is 13.8 Å². The highest BCUT2D eigenvalue weighted by atomic mass is 16.5. The Balaban J connectivity index is 1.63. The molecule has 0 heterocycles. The van der Waals surface area contributed by atoms with Gasteiger partial charge in [-0.3, -0.25) is 0 Å². The van der Waals surface area contributed by atoms with Gasteiger partial charge in [0.15, 0.2) is 0 Å². The van der Waals surface area contributed by atoms with Crippen LogP contribution in [0.3, 0.4) is 0 Å². The van der Waals surface area contributed by atoms with Gasteiger partial charge in [-0.2, -0.15) is 0 Å². The molecule has 4 saturated carbocycles. The molecule has 7 N–H and O–H groups in total. The average molecular weight is 524 g/mol. The van der Waals surface area contributed by atoms with Crippen molar-refractivity contribution in [3.63, 3.8) is 0 Å². The lowest BCUT2D eigenvalue weighted by Gasteiger charge is -2.64. The highest BCUT2D eigenvalue weighted by molar-refractivity contribution is 5.15. The van der Waals surface area contributed by atoms with Gasteiger partial charge in [-0.15, -0.1) is 0 Å². The normalized spacial score (nSPS) is 44.2. The Labute approximate surface area is 225 Å². The van der Waals surface area contributed by atoms with E-state index in [0.717, 1.165) is 71.0 Å². The molecule has 0 radical (unpaired) electrons. The molecule has 0 aliphatic heterocycles. The molecule has 0 aromatic heterocycles. The summed E-state index contributed by atoms with van der Waals surface area (Å²) in [7, 11) is 0. The standard InChI is InChI=1S/C30H57N3O4/c1-20(34)23-7-8-24-28-25(19-27(30(23,24)3)37-16-6-13-33)29(2)10-9-22(35-14-4-11-31)17-21(29)18-26(28)36-15-5-12-32/h20-28,34H,4-19,31-33H2,1-3H3/t20?,21?,22-,23-,24+,25+,26-,27+,28?,29+,30-/m1/s1. The summed E-state index contributed by atoms with van der Waals surface area (Å²) in [6.07, 6.45) is 11.0. The van der Waals surface area contributed by atoms with E-state index in [0.29, 0.717) is 56.0 Å². The van der Waals surface area contributed by atoms with Crippen LogP contribution in [-0.4, -0.2) is 69.0 Å². The summed E-state index contributed by atoms with van der Waals surface area (Å²) in [6, 6.07) is 0. The van der Waals surface area contributed by atoms with E-state index >= 15 is 0 Å². The summed E-state index contributed by atoms with van der Waals surface area (Å²) in [4.78, 5) is 0. The molecule has 0 bridgehead atoms. The number of hydrogen-bond donors (Lipinski definition) is 4. The molecule has 0 amide bonds. The van der Waals surface area contributed by atoms with E-state index in [1.54, 1.807) is 0 Å². The molecule has 3 unspecified atom stereocenters. The topological polar surface area (TPSA) is 126 Å². The summed E-state index contributed by atoms with van der Waals surface area (Å²) in [6.45, 7) is 11.2. The van der Waals surface area contributed by atoms with Crippen LogP contribution in [0.25, 0.3) is 0 Å². The van der Waals surface area contributed by atoms with Crippen LogP contribution in [0.2, 0.25) is 0 Å². The van der Waals surface area contributed by atoms with E-state index in [-0.39, 0.29) is 35.1 Å². The molecule has 7 heteroatoms. The van der Waals surface area contributed by atoms with Gasteiger partial charge in [-0.25, -0.2) is 0 Å². The van der Waals surface area contributed by atoms with Crippen molar-refractivity contribution in [1.82, 2.24) is 0 Å². The minimum absolute atomic E-state index is 0.0366. The number of nitrogens with two attached hydrogens (primary N) is 3. The number of fused-ring (bicyclic) bond motifs is 5. The highest BCUT2D eigenvalue weighted by Crippen LogP contribution is 2.68. The van der Waals surface area contributed by atoms with Gasteiger partial charge in [0.25, 0.3) is 0 Å². The van der Waals surface area contributed by atoms with Crippen molar-refractivity contribution >= 4 is 0 Å². The Bertz CT molecular complexity index is 710. The van der Waals surface area contributed by atoms with Gasteiger partial charge in [-0.05, 0) is 126 Å². The quantitative estimate of drug-likeness (QED) is 0.272. The average Bonchev–Trinajstić information content (AvgIpc) is 3.23. The predicted octanol–water partition coefficient (Wildman–Crippen LogP) is 3.45. The summed E-state index contributed by atoms with van der Waals surface area (Å²) >= 11 is 0. The van der Waals surface area contributed by atoms with Crippen LogP contribution < -0.4 is 17.2 Å². The molecule has 216 valence electrons. The first kappa shape index (κ1) is 29.7. The minimum atomic E-state index is -0.322. The second-order valence-electron chi connectivity index (χ2n) is 13.2. The molecule has 7 nitrogen and oxygen atoms in total. The molecular weight excluding hydrogens is 466 g/mol. The Kier molecular flexibility index (Phi) is 10.4. The molecule has 4 fully saturated rings.